The first-order valence-electron chi connectivity index (χ1n) is 5.82. The third-order valence-electron chi connectivity index (χ3n) is 2.52. The maximum Gasteiger partial charge on any atom is 0.205 e. The average molecular weight is 254 g/mol. The number of ketones is 1. The summed E-state index contributed by atoms with van der Waals surface area (Å²) < 4.78 is 5.05. The van der Waals surface area contributed by atoms with Crippen LogP contribution in [0.2, 0.25) is 0 Å². The van der Waals surface area contributed by atoms with Gasteiger partial charge in [0.2, 0.25) is 5.78 Å². The standard InChI is InChI=1S/C15H14N2O2/c1-19-14-9-7-13(8-10-14)17-16-11-15(18)12-5-3-2-4-6-12/h2-11,17H,1H3. The van der Waals surface area contributed by atoms with Crippen molar-refractivity contribution >= 4 is 17.7 Å². The highest BCUT2D eigenvalue weighted by Crippen LogP contribution is 2.14. The van der Waals surface area contributed by atoms with Crippen LogP contribution in [-0.2, 0) is 0 Å². The number of hydrazone groups is 1. The van der Waals surface area contributed by atoms with Crippen molar-refractivity contribution in [3.63, 3.8) is 0 Å². The quantitative estimate of drug-likeness (QED) is 0.507. The van der Waals surface area contributed by atoms with E-state index >= 15 is 0 Å². The molecule has 0 spiro atoms. The van der Waals surface area contributed by atoms with Gasteiger partial charge in [0.1, 0.15) is 5.75 Å². The third-order valence-corrected chi connectivity index (χ3v) is 2.52. The van der Waals surface area contributed by atoms with Crippen molar-refractivity contribution in [2.75, 3.05) is 12.5 Å². The van der Waals surface area contributed by atoms with Crippen LogP contribution in [0.3, 0.4) is 0 Å². The summed E-state index contributed by atoms with van der Waals surface area (Å²) >= 11 is 0. The number of methoxy groups -OCH3 is 1. The Bertz CT molecular complexity index is 562. The van der Waals surface area contributed by atoms with Gasteiger partial charge in [0.05, 0.1) is 19.0 Å². The van der Waals surface area contributed by atoms with Crippen LogP contribution in [0.15, 0.2) is 59.7 Å². The van der Waals surface area contributed by atoms with Gasteiger partial charge in [0.25, 0.3) is 0 Å². The van der Waals surface area contributed by atoms with Crippen LogP contribution in [0.25, 0.3) is 0 Å². The lowest BCUT2D eigenvalue weighted by molar-refractivity contribution is 0.107. The van der Waals surface area contributed by atoms with E-state index in [1.807, 2.05) is 42.5 Å². The van der Waals surface area contributed by atoms with Crippen molar-refractivity contribution < 1.29 is 9.53 Å². The van der Waals surface area contributed by atoms with Gasteiger partial charge in [-0.25, -0.2) is 0 Å². The minimum absolute atomic E-state index is 0.137. The number of carbonyl (C=O) groups is 1. The molecule has 0 atom stereocenters. The van der Waals surface area contributed by atoms with Crippen molar-refractivity contribution in [2.45, 2.75) is 0 Å². The molecule has 0 unspecified atom stereocenters. The molecule has 0 amide bonds. The van der Waals surface area contributed by atoms with Crippen LogP contribution in [0.5, 0.6) is 5.75 Å². The minimum atomic E-state index is -0.137. The predicted octanol–water partition coefficient (Wildman–Crippen LogP) is 2.98. The van der Waals surface area contributed by atoms with Crippen LogP contribution in [0, 0.1) is 0 Å². The van der Waals surface area contributed by atoms with Gasteiger partial charge in [0.15, 0.2) is 0 Å². The molecule has 1 N–H and O–H groups in total. The number of Topliss-reactive ketones (excluding diaryl/α,β-unsaturated/α-hetero) is 1. The number of nitrogens with one attached hydrogen (secondary N) is 1. The maximum absolute atomic E-state index is 11.7. The molecular formula is C15H14N2O2. The maximum atomic E-state index is 11.7. The number of hydrogen-bond donors (Lipinski definition) is 1. The Morgan fingerprint density at radius 2 is 1.79 bits per heavy atom. The van der Waals surface area contributed by atoms with E-state index in [1.165, 1.54) is 6.21 Å². The topological polar surface area (TPSA) is 50.7 Å². The predicted molar refractivity (Wildman–Crippen MR) is 75.9 cm³/mol. The summed E-state index contributed by atoms with van der Waals surface area (Å²) in [7, 11) is 1.61. The number of benzene rings is 2. The van der Waals surface area contributed by atoms with Gasteiger partial charge in [-0.2, -0.15) is 5.10 Å². The van der Waals surface area contributed by atoms with E-state index < -0.39 is 0 Å². The molecule has 0 aliphatic heterocycles. The summed E-state index contributed by atoms with van der Waals surface area (Å²) in [6, 6.07) is 16.3. The molecule has 19 heavy (non-hydrogen) atoms. The zero-order valence-electron chi connectivity index (χ0n) is 10.5. The zero-order chi connectivity index (χ0) is 13.5. The van der Waals surface area contributed by atoms with Crippen molar-refractivity contribution in [3.05, 3.63) is 60.2 Å². The second-order valence-corrected chi connectivity index (χ2v) is 3.83. The second kappa shape index (κ2) is 6.35. The molecule has 0 fully saturated rings. The summed E-state index contributed by atoms with van der Waals surface area (Å²) in [6.07, 6.45) is 1.26. The number of anilines is 1. The molecular weight excluding hydrogens is 240 g/mol. The molecule has 2 aromatic rings. The Kier molecular flexibility index (Phi) is 4.29. The Labute approximate surface area is 111 Å². The Balaban J connectivity index is 1.94. The van der Waals surface area contributed by atoms with Crippen LogP contribution in [0.1, 0.15) is 10.4 Å². The summed E-state index contributed by atoms with van der Waals surface area (Å²) in [5, 5.41) is 3.91. The molecule has 96 valence electrons. The number of ether oxygens (including phenoxy) is 1. The van der Waals surface area contributed by atoms with Gasteiger partial charge >= 0.3 is 0 Å². The molecule has 0 aliphatic carbocycles. The summed E-state index contributed by atoms with van der Waals surface area (Å²) in [4.78, 5) is 11.7. The number of rotatable bonds is 5. The van der Waals surface area contributed by atoms with Gasteiger partial charge in [-0.1, -0.05) is 30.3 Å². The molecule has 0 heterocycles. The molecule has 2 aromatic carbocycles. The largest absolute Gasteiger partial charge is 0.497 e. The van der Waals surface area contributed by atoms with Crippen molar-refractivity contribution in [2.24, 2.45) is 5.10 Å². The zero-order valence-corrected chi connectivity index (χ0v) is 10.5. The van der Waals surface area contributed by atoms with Gasteiger partial charge in [-0.3, -0.25) is 10.2 Å². The first-order chi connectivity index (χ1) is 9.29. The molecule has 0 saturated carbocycles. The van der Waals surface area contributed by atoms with Crippen LogP contribution < -0.4 is 10.2 Å². The first-order valence-corrected chi connectivity index (χ1v) is 5.82. The number of hydrogen-bond acceptors (Lipinski definition) is 4. The Morgan fingerprint density at radius 3 is 2.42 bits per heavy atom. The van der Waals surface area contributed by atoms with E-state index in [2.05, 4.69) is 10.5 Å². The highest BCUT2D eigenvalue weighted by atomic mass is 16.5. The fraction of sp³-hybridized carbons (Fsp3) is 0.0667. The minimum Gasteiger partial charge on any atom is -0.497 e. The second-order valence-electron chi connectivity index (χ2n) is 3.83. The lowest BCUT2D eigenvalue weighted by Gasteiger charge is -2.02. The highest BCUT2D eigenvalue weighted by molar-refractivity contribution is 6.35. The summed E-state index contributed by atoms with van der Waals surface area (Å²) in [5.74, 6) is 0.636. The normalized spacial score (nSPS) is 10.4. The van der Waals surface area contributed by atoms with Gasteiger partial charge in [0, 0.05) is 5.56 Å². The van der Waals surface area contributed by atoms with Crippen LogP contribution in [-0.4, -0.2) is 19.1 Å². The lowest BCUT2D eigenvalue weighted by Crippen LogP contribution is -2.01. The molecule has 4 heteroatoms. The fourth-order valence-corrected chi connectivity index (χ4v) is 1.51. The van der Waals surface area contributed by atoms with E-state index in [4.69, 9.17) is 4.74 Å². The highest BCUT2D eigenvalue weighted by Gasteiger charge is 2.00. The third kappa shape index (κ3) is 3.67. The van der Waals surface area contributed by atoms with E-state index in [1.54, 1.807) is 19.2 Å². The molecule has 2 rings (SSSR count). The van der Waals surface area contributed by atoms with Crippen LogP contribution >= 0.6 is 0 Å². The first kappa shape index (κ1) is 12.8. The Hall–Kier alpha value is -2.62. The van der Waals surface area contributed by atoms with Gasteiger partial charge in [-0.05, 0) is 24.3 Å². The van der Waals surface area contributed by atoms with Crippen molar-refractivity contribution in [1.29, 1.82) is 0 Å². The smallest absolute Gasteiger partial charge is 0.205 e. The van der Waals surface area contributed by atoms with E-state index in [9.17, 15) is 4.79 Å². The van der Waals surface area contributed by atoms with Crippen molar-refractivity contribution in [3.8, 4) is 5.75 Å². The lowest BCUT2D eigenvalue weighted by atomic mass is 10.1. The average Bonchev–Trinajstić information content (AvgIpc) is 2.49. The van der Waals surface area contributed by atoms with Crippen LogP contribution in [0.4, 0.5) is 5.69 Å². The van der Waals surface area contributed by atoms with Gasteiger partial charge in [-0.15, -0.1) is 0 Å². The summed E-state index contributed by atoms with van der Waals surface area (Å²) in [5.41, 5.74) is 4.19. The molecule has 4 nitrogen and oxygen atoms in total. The van der Waals surface area contributed by atoms with E-state index in [-0.39, 0.29) is 5.78 Å². The number of carbonyl (C=O) groups excluding carboxylic acids is 1. The van der Waals surface area contributed by atoms with Gasteiger partial charge < -0.3 is 4.74 Å². The number of nitrogens with zero attached hydrogens (tertiary/aromatic N) is 1. The SMILES string of the molecule is COc1ccc(NN=CC(=O)c2ccccc2)cc1. The van der Waals surface area contributed by atoms with E-state index in [0.29, 0.717) is 5.56 Å². The Morgan fingerprint density at radius 1 is 1.11 bits per heavy atom. The van der Waals surface area contributed by atoms with E-state index in [0.717, 1.165) is 11.4 Å². The molecule has 0 radical (unpaired) electrons. The fourth-order valence-electron chi connectivity index (χ4n) is 1.51. The van der Waals surface area contributed by atoms with Crippen molar-refractivity contribution in [1.82, 2.24) is 0 Å². The monoisotopic (exact) mass is 254 g/mol. The summed E-state index contributed by atoms with van der Waals surface area (Å²) in [6.45, 7) is 0. The molecule has 0 bridgehead atoms. The molecule has 0 aliphatic rings. The molecule has 0 aromatic heterocycles. The molecule has 0 saturated heterocycles.